The molecule has 2 nitrogen and oxygen atoms in total. The molecule has 0 fully saturated rings. The van der Waals surface area contributed by atoms with Crippen molar-refractivity contribution < 1.29 is 9.53 Å². The maximum absolute atomic E-state index is 10.8. The third-order valence-electron chi connectivity index (χ3n) is 1.41. The molecule has 0 aliphatic heterocycles. The minimum absolute atomic E-state index is 0.418. The van der Waals surface area contributed by atoms with Gasteiger partial charge in [0.15, 0.2) is 0 Å². The van der Waals surface area contributed by atoms with Gasteiger partial charge in [-0.25, -0.2) is 4.79 Å². The summed E-state index contributed by atoms with van der Waals surface area (Å²) < 4.78 is 4.50. The van der Waals surface area contributed by atoms with Crippen molar-refractivity contribution in [3.05, 3.63) is 54.8 Å². The number of ether oxygens (including phenoxy) is 1. The Kier molecular flexibility index (Phi) is 8.10. The van der Waals surface area contributed by atoms with E-state index in [4.69, 9.17) is 0 Å². The zero-order chi connectivity index (χ0) is 11.5. The Morgan fingerprint density at radius 1 is 1.33 bits per heavy atom. The standard InChI is InChI=1S/C11H10O2.CH3Cl/c1-2-13-11(12)9-8-10-6-4-3-5-7-10;1-2/h2-9H,1H2;1H3. The van der Waals surface area contributed by atoms with Crippen LogP contribution in [0.3, 0.4) is 0 Å². The summed E-state index contributed by atoms with van der Waals surface area (Å²) in [4.78, 5) is 10.8. The maximum atomic E-state index is 10.8. The summed E-state index contributed by atoms with van der Waals surface area (Å²) in [5.41, 5.74) is 0.962. The van der Waals surface area contributed by atoms with E-state index in [0.717, 1.165) is 11.8 Å². The molecule has 1 rings (SSSR count). The van der Waals surface area contributed by atoms with Crippen LogP contribution in [0.25, 0.3) is 6.08 Å². The van der Waals surface area contributed by atoms with Gasteiger partial charge in [-0.1, -0.05) is 36.9 Å². The summed E-state index contributed by atoms with van der Waals surface area (Å²) in [5.74, 6) is -0.418. The Balaban J connectivity index is 0.000000921. The average molecular weight is 225 g/mol. The molecule has 0 saturated carbocycles. The number of halogens is 1. The lowest BCUT2D eigenvalue weighted by molar-refractivity contribution is -0.132. The molecule has 0 spiro atoms. The zero-order valence-electron chi connectivity index (χ0n) is 8.52. The molecule has 0 amide bonds. The number of carbonyl (C=O) groups excluding carboxylic acids is 1. The van der Waals surface area contributed by atoms with E-state index in [-0.39, 0.29) is 0 Å². The Hall–Kier alpha value is -1.54. The van der Waals surface area contributed by atoms with Gasteiger partial charge in [0.2, 0.25) is 0 Å². The van der Waals surface area contributed by atoms with Gasteiger partial charge in [-0.2, -0.15) is 0 Å². The van der Waals surface area contributed by atoms with Gasteiger partial charge < -0.3 is 4.74 Å². The summed E-state index contributed by atoms with van der Waals surface area (Å²) in [7, 11) is 0. The molecule has 1 aromatic carbocycles. The topological polar surface area (TPSA) is 26.3 Å². The molecule has 0 radical (unpaired) electrons. The normalized spacial score (nSPS) is 8.93. The SMILES string of the molecule is C=COC(=O)C=Cc1ccccc1.CCl. The van der Waals surface area contributed by atoms with Crippen molar-refractivity contribution >= 4 is 23.6 Å². The minimum atomic E-state index is -0.418. The Morgan fingerprint density at radius 2 is 1.93 bits per heavy atom. The third-order valence-corrected chi connectivity index (χ3v) is 1.41. The quantitative estimate of drug-likeness (QED) is 0.341. The molecule has 0 aliphatic rings. The number of carbonyl (C=O) groups is 1. The Bertz CT molecular complexity index is 318. The number of alkyl halides is 1. The van der Waals surface area contributed by atoms with Crippen molar-refractivity contribution in [3.63, 3.8) is 0 Å². The van der Waals surface area contributed by atoms with Crippen LogP contribution in [-0.2, 0) is 9.53 Å². The van der Waals surface area contributed by atoms with Gasteiger partial charge in [0.05, 0.1) is 6.26 Å². The Labute approximate surface area is 94.8 Å². The first-order valence-corrected chi connectivity index (χ1v) is 5.01. The predicted octanol–water partition coefficient (Wildman–Crippen LogP) is 3.24. The van der Waals surface area contributed by atoms with Crippen molar-refractivity contribution in [2.45, 2.75) is 0 Å². The molecule has 80 valence electrons. The van der Waals surface area contributed by atoms with Crippen LogP contribution in [0.2, 0.25) is 0 Å². The molecule has 15 heavy (non-hydrogen) atoms. The average Bonchev–Trinajstić information content (AvgIpc) is 2.31. The van der Waals surface area contributed by atoms with Crippen molar-refractivity contribution in [2.75, 3.05) is 6.38 Å². The molecule has 0 N–H and O–H groups in total. The third kappa shape index (κ3) is 6.52. The molecule has 0 atom stereocenters. The molecular weight excluding hydrogens is 212 g/mol. The van der Waals surface area contributed by atoms with Gasteiger partial charge in [-0.05, 0) is 11.6 Å². The van der Waals surface area contributed by atoms with E-state index in [1.54, 1.807) is 6.08 Å². The number of hydrogen-bond acceptors (Lipinski definition) is 2. The number of rotatable bonds is 3. The van der Waals surface area contributed by atoms with Crippen LogP contribution in [0.4, 0.5) is 0 Å². The van der Waals surface area contributed by atoms with Gasteiger partial charge >= 0.3 is 5.97 Å². The van der Waals surface area contributed by atoms with Crippen LogP contribution < -0.4 is 0 Å². The summed E-state index contributed by atoms with van der Waals surface area (Å²) in [5, 5.41) is 0. The summed E-state index contributed by atoms with van der Waals surface area (Å²) in [6.45, 7) is 3.28. The molecule has 0 heterocycles. The summed E-state index contributed by atoms with van der Waals surface area (Å²) >= 11 is 4.64. The van der Waals surface area contributed by atoms with Crippen LogP contribution in [-0.4, -0.2) is 12.4 Å². The lowest BCUT2D eigenvalue weighted by Gasteiger charge is -1.91. The van der Waals surface area contributed by atoms with Crippen molar-refractivity contribution in [1.82, 2.24) is 0 Å². The van der Waals surface area contributed by atoms with Gasteiger partial charge in [-0.3, -0.25) is 0 Å². The monoisotopic (exact) mass is 224 g/mol. The van der Waals surface area contributed by atoms with Crippen LogP contribution in [0.5, 0.6) is 0 Å². The van der Waals surface area contributed by atoms with E-state index in [9.17, 15) is 4.79 Å². The first-order valence-electron chi connectivity index (χ1n) is 4.25. The lowest BCUT2D eigenvalue weighted by atomic mass is 10.2. The van der Waals surface area contributed by atoms with Crippen molar-refractivity contribution in [1.29, 1.82) is 0 Å². The molecule has 3 heteroatoms. The maximum Gasteiger partial charge on any atom is 0.335 e. The molecule has 0 unspecified atom stereocenters. The van der Waals surface area contributed by atoms with Crippen molar-refractivity contribution in [3.8, 4) is 0 Å². The van der Waals surface area contributed by atoms with E-state index in [0.29, 0.717) is 0 Å². The number of hydrogen-bond donors (Lipinski definition) is 0. The first kappa shape index (κ1) is 13.5. The molecule has 1 aromatic rings. The fourth-order valence-corrected chi connectivity index (χ4v) is 0.850. The van der Waals surface area contributed by atoms with E-state index in [2.05, 4.69) is 22.9 Å². The van der Waals surface area contributed by atoms with Gasteiger partial charge in [0, 0.05) is 12.5 Å². The lowest BCUT2D eigenvalue weighted by Crippen LogP contribution is -1.92. The van der Waals surface area contributed by atoms with Gasteiger partial charge in [0.1, 0.15) is 0 Å². The van der Waals surface area contributed by atoms with Crippen LogP contribution in [0, 0.1) is 0 Å². The molecule has 0 aliphatic carbocycles. The second-order valence-corrected chi connectivity index (χ2v) is 2.35. The largest absolute Gasteiger partial charge is 0.432 e. The summed E-state index contributed by atoms with van der Waals surface area (Å²) in [6.07, 6.45) is 5.63. The first-order chi connectivity index (χ1) is 7.33. The molecule has 0 saturated heterocycles. The van der Waals surface area contributed by atoms with Crippen molar-refractivity contribution in [2.24, 2.45) is 0 Å². The second-order valence-electron chi connectivity index (χ2n) is 2.35. The highest BCUT2D eigenvalue weighted by Gasteiger charge is 1.91. The minimum Gasteiger partial charge on any atom is -0.432 e. The van der Waals surface area contributed by atoms with E-state index in [1.807, 2.05) is 30.3 Å². The highest BCUT2D eigenvalue weighted by molar-refractivity contribution is 6.15. The Morgan fingerprint density at radius 3 is 2.47 bits per heavy atom. The van der Waals surface area contributed by atoms with E-state index < -0.39 is 5.97 Å². The number of benzene rings is 1. The smallest absolute Gasteiger partial charge is 0.335 e. The predicted molar refractivity (Wildman–Crippen MR) is 63.5 cm³/mol. The van der Waals surface area contributed by atoms with Gasteiger partial charge in [0.25, 0.3) is 0 Å². The fraction of sp³-hybridized carbons (Fsp3) is 0.0833. The van der Waals surface area contributed by atoms with E-state index >= 15 is 0 Å². The highest BCUT2D eigenvalue weighted by atomic mass is 35.5. The molecule has 0 aromatic heterocycles. The van der Waals surface area contributed by atoms with Crippen LogP contribution >= 0.6 is 11.6 Å². The fourth-order valence-electron chi connectivity index (χ4n) is 0.850. The number of esters is 1. The molecule has 0 bridgehead atoms. The summed E-state index contributed by atoms with van der Waals surface area (Å²) in [6, 6.07) is 9.52. The van der Waals surface area contributed by atoms with Crippen LogP contribution in [0.1, 0.15) is 5.56 Å². The van der Waals surface area contributed by atoms with E-state index in [1.165, 1.54) is 12.5 Å². The van der Waals surface area contributed by atoms with Gasteiger partial charge in [-0.15, -0.1) is 11.6 Å². The highest BCUT2D eigenvalue weighted by Crippen LogP contribution is 2.00. The second kappa shape index (κ2) is 9.03. The zero-order valence-corrected chi connectivity index (χ0v) is 9.28. The molecular formula is C12H13ClO2. The van der Waals surface area contributed by atoms with Crippen LogP contribution in [0.15, 0.2) is 49.2 Å².